The number of fused-ring (bicyclic) bond motifs is 2. The first-order valence-corrected chi connectivity index (χ1v) is 7.56. The van der Waals surface area contributed by atoms with Crippen molar-refractivity contribution in [3.05, 3.63) is 70.8 Å². The van der Waals surface area contributed by atoms with E-state index in [9.17, 15) is 4.79 Å². The van der Waals surface area contributed by atoms with Gasteiger partial charge in [0.25, 0.3) is 0 Å². The number of hydrogen-bond acceptors (Lipinski definition) is 1. The Bertz CT molecular complexity index is 632. The van der Waals surface area contributed by atoms with Gasteiger partial charge in [-0.05, 0) is 35.1 Å². The maximum Gasteiger partial charge on any atom is 0.119 e. The third-order valence-electron chi connectivity index (χ3n) is 4.55. The van der Waals surface area contributed by atoms with E-state index < -0.39 is 0 Å². The molecule has 1 aliphatic rings. The zero-order chi connectivity index (χ0) is 14.7. The van der Waals surface area contributed by atoms with E-state index in [1.807, 2.05) is 0 Å². The summed E-state index contributed by atoms with van der Waals surface area (Å²) in [6.45, 7) is 2.31. The van der Waals surface area contributed by atoms with Gasteiger partial charge >= 0.3 is 0 Å². The third-order valence-corrected chi connectivity index (χ3v) is 4.55. The van der Waals surface area contributed by atoms with Crippen molar-refractivity contribution in [3.63, 3.8) is 0 Å². The molecule has 0 N–H and O–H groups in total. The van der Waals surface area contributed by atoms with E-state index in [4.69, 9.17) is 0 Å². The first kappa shape index (κ1) is 13.8. The Morgan fingerprint density at radius 1 is 0.905 bits per heavy atom. The Labute approximate surface area is 126 Å². The van der Waals surface area contributed by atoms with Gasteiger partial charge in [-0.15, -0.1) is 0 Å². The predicted octanol–water partition coefficient (Wildman–Crippen LogP) is 4.85. The monoisotopic (exact) mass is 276 g/mol. The molecule has 0 atom stereocenters. The van der Waals surface area contributed by atoms with E-state index in [2.05, 4.69) is 67.6 Å². The fourth-order valence-corrected chi connectivity index (χ4v) is 3.42. The van der Waals surface area contributed by atoms with Crippen LogP contribution in [0.4, 0.5) is 0 Å². The maximum absolute atomic E-state index is 10.7. The fraction of sp³-hybridized carbons (Fsp3) is 0.250. The van der Waals surface area contributed by atoms with Crippen LogP contribution in [0.3, 0.4) is 0 Å². The lowest BCUT2D eigenvalue weighted by atomic mass is 9.71. The summed E-state index contributed by atoms with van der Waals surface area (Å²) in [5.74, 6) is 0. The minimum absolute atomic E-state index is 0.0420. The van der Waals surface area contributed by atoms with Crippen molar-refractivity contribution >= 4 is 18.4 Å². The van der Waals surface area contributed by atoms with Crippen LogP contribution >= 0.6 is 0 Å². The smallest absolute Gasteiger partial charge is 0.119 e. The van der Waals surface area contributed by atoms with Crippen LogP contribution in [-0.2, 0) is 10.2 Å². The van der Waals surface area contributed by atoms with Crippen LogP contribution in [0.2, 0.25) is 0 Å². The Balaban J connectivity index is 2.16. The van der Waals surface area contributed by atoms with Crippen LogP contribution in [0.25, 0.3) is 12.2 Å². The summed E-state index contributed by atoms with van der Waals surface area (Å²) in [7, 11) is 0. The van der Waals surface area contributed by atoms with Gasteiger partial charge in [0.15, 0.2) is 0 Å². The molecule has 2 aromatic carbocycles. The molecule has 0 bridgehead atoms. The molecule has 0 radical (unpaired) electrons. The lowest BCUT2D eigenvalue weighted by Gasteiger charge is -2.32. The average molecular weight is 276 g/mol. The molecule has 21 heavy (non-hydrogen) atoms. The molecule has 0 aliphatic heterocycles. The highest BCUT2D eigenvalue weighted by Gasteiger charge is 2.32. The third kappa shape index (κ3) is 2.44. The van der Waals surface area contributed by atoms with Crippen LogP contribution < -0.4 is 0 Å². The average Bonchev–Trinajstić information content (AvgIpc) is 2.65. The van der Waals surface area contributed by atoms with E-state index in [0.717, 1.165) is 19.1 Å². The number of rotatable bonds is 4. The van der Waals surface area contributed by atoms with Gasteiger partial charge in [-0.3, -0.25) is 0 Å². The molecule has 3 rings (SSSR count). The van der Waals surface area contributed by atoms with Crippen molar-refractivity contribution in [2.75, 3.05) is 0 Å². The number of carbonyl (C=O) groups excluding carboxylic acids is 1. The van der Waals surface area contributed by atoms with E-state index in [-0.39, 0.29) is 5.41 Å². The van der Waals surface area contributed by atoms with Gasteiger partial charge in [0.1, 0.15) is 6.29 Å². The van der Waals surface area contributed by atoms with E-state index in [1.165, 1.54) is 22.3 Å². The topological polar surface area (TPSA) is 17.1 Å². The van der Waals surface area contributed by atoms with Crippen LogP contribution in [-0.4, -0.2) is 6.29 Å². The molecule has 2 aromatic rings. The van der Waals surface area contributed by atoms with E-state index >= 15 is 0 Å². The lowest BCUT2D eigenvalue weighted by Crippen LogP contribution is -2.25. The van der Waals surface area contributed by atoms with Crippen molar-refractivity contribution in [1.82, 2.24) is 0 Å². The Morgan fingerprint density at radius 3 is 1.95 bits per heavy atom. The van der Waals surface area contributed by atoms with E-state index in [0.29, 0.717) is 6.42 Å². The van der Waals surface area contributed by atoms with Crippen molar-refractivity contribution in [2.24, 2.45) is 0 Å². The summed E-state index contributed by atoms with van der Waals surface area (Å²) < 4.78 is 0. The molecule has 106 valence electrons. The number of aldehydes is 1. The Kier molecular flexibility index (Phi) is 3.74. The number of unbranched alkanes of at least 4 members (excludes halogenated alkanes) is 1. The van der Waals surface area contributed by atoms with Crippen LogP contribution in [0.1, 0.15) is 48.4 Å². The molecule has 1 heteroatoms. The SMILES string of the molecule is CC1(CCCC=O)c2ccccc2C=Cc2ccccc21. The zero-order valence-corrected chi connectivity index (χ0v) is 12.4. The van der Waals surface area contributed by atoms with Crippen molar-refractivity contribution in [2.45, 2.75) is 31.6 Å². The van der Waals surface area contributed by atoms with Gasteiger partial charge in [0.2, 0.25) is 0 Å². The number of carbonyl (C=O) groups is 1. The molecule has 0 saturated heterocycles. The maximum atomic E-state index is 10.7. The molecule has 0 heterocycles. The van der Waals surface area contributed by atoms with Crippen LogP contribution in [0.5, 0.6) is 0 Å². The second kappa shape index (κ2) is 5.69. The highest BCUT2D eigenvalue weighted by molar-refractivity contribution is 5.77. The number of hydrogen-bond donors (Lipinski definition) is 0. The largest absolute Gasteiger partial charge is 0.303 e. The van der Waals surface area contributed by atoms with Gasteiger partial charge in [-0.1, -0.05) is 67.6 Å². The summed E-state index contributed by atoms with van der Waals surface area (Å²) in [6, 6.07) is 17.2. The van der Waals surface area contributed by atoms with Crippen LogP contribution in [0, 0.1) is 0 Å². The summed E-state index contributed by atoms with van der Waals surface area (Å²) >= 11 is 0. The second-order valence-corrected chi connectivity index (χ2v) is 5.90. The first-order chi connectivity index (χ1) is 10.3. The summed E-state index contributed by atoms with van der Waals surface area (Å²) in [4.78, 5) is 10.7. The van der Waals surface area contributed by atoms with Crippen molar-refractivity contribution in [3.8, 4) is 0 Å². The minimum Gasteiger partial charge on any atom is -0.303 e. The summed E-state index contributed by atoms with van der Waals surface area (Å²) in [5.41, 5.74) is 5.23. The lowest BCUT2D eigenvalue weighted by molar-refractivity contribution is -0.107. The summed E-state index contributed by atoms with van der Waals surface area (Å²) in [6.07, 6.45) is 7.98. The molecule has 0 saturated carbocycles. The zero-order valence-electron chi connectivity index (χ0n) is 12.4. The van der Waals surface area contributed by atoms with Gasteiger partial charge in [0.05, 0.1) is 0 Å². The molecule has 0 unspecified atom stereocenters. The molecule has 1 aliphatic carbocycles. The number of benzene rings is 2. The highest BCUT2D eigenvalue weighted by atomic mass is 16.1. The minimum atomic E-state index is -0.0420. The second-order valence-electron chi connectivity index (χ2n) is 5.90. The molecule has 0 fully saturated rings. The van der Waals surface area contributed by atoms with Crippen LogP contribution in [0.15, 0.2) is 48.5 Å². The molecule has 0 aromatic heterocycles. The predicted molar refractivity (Wildman–Crippen MR) is 88.2 cm³/mol. The Morgan fingerprint density at radius 2 is 1.43 bits per heavy atom. The fourth-order valence-electron chi connectivity index (χ4n) is 3.42. The van der Waals surface area contributed by atoms with Crippen molar-refractivity contribution in [1.29, 1.82) is 0 Å². The molecular formula is C20H20O. The van der Waals surface area contributed by atoms with Gasteiger partial charge in [0, 0.05) is 11.8 Å². The molecular weight excluding hydrogens is 256 g/mol. The van der Waals surface area contributed by atoms with Gasteiger partial charge < -0.3 is 4.79 Å². The summed E-state index contributed by atoms with van der Waals surface area (Å²) in [5, 5.41) is 0. The van der Waals surface area contributed by atoms with Gasteiger partial charge in [-0.2, -0.15) is 0 Å². The molecule has 1 nitrogen and oxygen atoms in total. The Hall–Kier alpha value is -2.15. The van der Waals surface area contributed by atoms with E-state index in [1.54, 1.807) is 0 Å². The quantitative estimate of drug-likeness (QED) is 0.576. The normalized spacial score (nSPS) is 14.9. The first-order valence-electron chi connectivity index (χ1n) is 7.56. The molecule has 0 amide bonds. The van der Waals surface area contributed by atoms with Crippen molar-refractivity contribution < 1.29 is 4.79 Å². The highest BCUT2D eigenvalue weighted by Crippen LogP contribution is 2.42. The van der Waals surface area contributed by atoms with Gasteiger partial charge in [-0.25, -0.2) is 0 Å². The molecule has 0 spiro atoms. The standard InChI is InChI=1S/C20H20O/c1-20(14-6-7-15-21)18-10-4-2-8-16(18)12-13-17-9-3-5-11-19(17)20/h2-5,8-13,15H,6-7,14H2,1H3.